The van der Waals surface area contributed by atoms with Crippen LogP contribution in [0, 0.1) is 10.1 Å². The molecule has 0 aliphatic rings. The molecule has 1 aromatic heterocycles. The third-order valence-corrected chi connectivity index (χ3v) is 5.11. The molecule has 0 bridgehead atoms. The Hall–Kier alpha value is -3.73. The predicted octanol–water partition coefficient (Wildman–Crippen LogP) is 4.07. The molecular weight excluding hydrogens is 434 g/mol. The summed E-state index contributed by atoms with van der Waals surface area (Å²) in [6.45, 7) is 2.40. The lowest BCUT2D eigenvalue weighted by atomic mass is 10.2. The summed E-state index contributed by atoms with van der Waals surface area (Å²) in [5.74, 6) is -0.225. The monoisotopic (exact) mass is 455 g/mol. The van der Waals surface area contributed by atoms with E-state index in [-0.39, 0.29) is 17.3 Å². The number of aromatic nitrogens is 3. The van der Waals surface area contributed by atoms with Crippen molar-refractivity contribution in [3.63, 3.8) is 0 Å². The number of nitro benzene ring substituents is 1. The fourth-order valence-corrected chi connectivity index (χ4v) is 3.21. The maximum atomic E-state index is 12.2. The van der Waals surface area contributed by atoms with E-state index in [1.165, 1.54) is 12.1 Å². The Balaban J connectivity index is 1.51. The molecule has 0 aliphatic heterocycles. The number of H-pyrrole nitrogens is 1. The van der Waals surface area contributed by atoms with Crippen LogP contribution in [0.4, 0.5) is 11.4 Å². The standard InChI is InChI=1S/C21H21N5O5S/c1-2-3-11-31-20(28)14-7-9-16(10-8-14)22-18(27)13-32-21-23-19(24-25-21)15-5-4-6-17(12-15)26(29)30/h4-10,12H,2-3,11,13H2,1H3,(H,22,27)(H,23,24,25). The minimum Gasteiger partial charge on any atom is -0.462 e. The Morgan fingerprint density at radius 3 is 2.72 bits per heavy atom. The number of amides is 1. The number of anilines is 1. The van der Waals surface area contributed by atoms with E-state index in [9.17, 15) is 19.7 Å². The molecule has 0 fully saturated rings. The van der Waals surface area contributed by atoms with Crippen molar-refractivity contribution in [1.29, 1.82) is 0 Å². The molecule has 2 aromatic carbocycles. The van der Waals surface area contributed by atoms with E-state index in [2.05, 4.69) is 20.5 Å². The Kier molecular flexibility index (Phi) is 7.92. The first kappa shape index (κ1) is 22.9. The Labute approximate surface area is 187 Å². The Morgan fingerprint density at radius 2 is 2.00 bits per heavy atom. The Morgan fingerprint density at radius 1 is 1.22 bits per heavy atom. The number of unbranched alkanes of at least 4 members (excludes halogenated alkanes) is 1. The van der Waals surface area contributed by atoms with E-state index < -0.39 is 10.9 Å². The number of non-ortho nitro benzene ring substituents is 1. The lowest BCUT2D eigenvalue weighted by Crippen LogP contribution is -2.14. The highest BCUT2D eigenvalue weighted by atomic mass is 32.2. The van der Waals surface area contributed by atoms with Crippen LogP contribution >= 0.6 is 11.8 Å². The number of ether oxygens (including phenoxy) is 1. The van der Waals surface area contributed by atoms with E-state index in [4.69, 9.17) is 4.74 Å². The van der Waals surface area contributed by atoms with Crippen LogP contribution in [0.5, 0.6) is 0 Å². The van der Waals surface area contributed by atoms with Crippen molar-refractivity contribution in [2.24, 2.45) is 0 Å². The SMILES string of the molecule is CCCCOC(=O)c1ccc(NC(=O)CSc2n[nH]c(-c3cccc([N+](=O)[O-])c3)n2)cc1. The number of thioether (sulfide) groups is 1. The van der Waals surface area contributed by atoms with Crippen LogP contribution in [0.15, 0.2) is 53.7 Å². The molecule has 32 heavy (non-hydrogen) atoms. The molecule has 166 valence electrons. The van der Waals surface area contributed by atoms with Crippen molar-refractivity contribution >= 4 is 35.0 Å². The average molecular weight is 455 g/mol. The predicted molar refractivity (Wildman–Crippen MR) is 119 cm³/mol. The van der Waals surface area contributed by atoms with Gasteiger partial charge in [0.2, 0.25) is 11.1 Å². The van der Waals surface area contributed by atoms with E-state index in [1.54, 1.807) is 36.4 Å². The minimum absolute atomic E-state index is 0.0484. The number of carbonyl (C=O) groups excluding carboxylic acids is 2. The molecule has 0 radical (unpaired) electrons. The van der Waals surface area contributed by atoms with Crippen molar-refractivity contribution in [3.05, 3.63) is 64.2 Å². The number of esters is 1. The lowest BCUT2D eigenvalue weighted by molar-refractivity contribution is -0.384. The van der Waals surface area contributed by atoms with Gasteiger partial charge in [-0.15, -0.1) is 5.10 Å². The molecule has 10 nitrogen and oxygen atoms in total. The fraction of sp³-hybridized carbons (Fsp3) is 0.238. The maximum absolute atomic E-state index is 12.2. The quantitative estimate of drug-likeness (QED) is 0.153. The molecule has 11 heteroatoms. The highest BCUT2D eigenvalue weighted by Gasteiger charge is 2.13. The molecular formula is C21H21N5O5S. The minimum atomic E-state index is -0.484. The summed E-state index contributed by atoms with van der Waals surface area (Å²) in [6.07, 6.45) is 1.76. The number of aromatic amines is 1. The smallest absolute Gasteiger partial charge is 0.338 e. The van der Waals surface area contributed by atoms with E-state index in [1.807, 2.05) is 6.92 Å². The molecule has 0 aliphatic carbocycles. The van der Waals surface area contributed by atoms with Gasteiger partial charge in [-0.2, -0.15) is 0 Å². The molecule has 0 atom stereocenters. The summed E-state index contributed by atoms with van der Waals surface area (Å²) in [6, 6.07) is 12.5. The summed E-state index contributed by atoms with van der Waals surface area (Å²) < 4.78 is 5.15. The van der Waals surface area contributed by atoms with Crippen LogP contribution in [-0.4, -0.2) is 44.3 Å². The van der Waals surface area contributed by atoms with Gasteiger partial charge in [0.1, 0.15) is 0 Å². The molecule has 2 N–H and O–H groups in total. The van der Waals surface area contributed by atoms with Gasteiger partial charge in [0.25, 0.3) is 5.69 Å². The summed E-state index contributed by atoms with van der Waals surface area (Å²) in [5, 5.41) is 20.7. The summed E-state index contributed by atoms with van der Waals surface area (Å²) in [7, 11) is 0. The van der Waals surface area contributed by atoms with Gasteiger partial charge < -0.3 is 10.1 Å². The molecule has 1 heterocycles. The summed E-state index contributed by atoms with van der Waals surface area (Å²) in [5.41, 5.74) is 1.44. The van der Waals surface area contributed by atoms with Gasteiger partial charge >= 0.3 is 5.97 Å². The zero-order valence-electron chi connectivity index (χ0n) is 17.2. The number of nitrogens with zero attached hydrogens (tertiary/aromatic N) is 3. The first-order valence-corrected chi connectivity index (χ1v) is 10.8. The maximum Gasteiger partial charge on any atom is 0.338 e. The van der Waals surface area contributed by atoms with E-state index in [0.29, 0.717) is 34.4 Å². The Bertz CT molecular complexity index is 1100. The molecule has 1 amide bonds. The van der Waals surface area contributed by atoms with Gasteiger partial charge in [-0.25, -0.2) is 9.78 Å². The first-order valence-electron chi connectivity index (χ1n) is 9.83. The van der Waals surface area contributed by atoms with Crippen LogP contribution in [-0.2, 0) is 9.53 Å². The first-order chi connectivity index (χ1) is 15.5. The number of carbonyl (C=O) groups is 2. The largest absolute Gasteiger partial charge is 0.462 e. The van der Waals surface area contributed by atoms with Crippen molar-refractivity contribution < 1.29 is 19.2 Å². The highest BCUT2D eigenvalue weighted by Crippen LogP contribution is 2.23. The van der Waals surface area contributed by atoms with Crippen LogP contribution < -0.4 is 5.32 Å². The summed E-state index contributed by atoms with van der Waals surface area (Å²) in [4.78, 5) is 38.8. The second-order valence-electron chi connectivity index (χ2n) is 6.68. The zero-order chi connectivity index (χ0) is 22.9. The second-order valence-corrected chi connectivity index (χ2v) is 7.62. The van der Waals surface area contributed by atoms with Crippen molar-refractivity contribution in [1.82, 2.24) is 15.2 Å². The van der Waals surface area contributed by atoms with Gasteiger partial charge in [-0.05, 0) is 30.7 Å². The number of nitro groups is 1. The van der Waals surface area contributed by atoms with Crippen LogP contribution in [0.3, 0.4) is 0 Å². The number of hydrogen-bond donors (Lipinski definition) is 2. The average Bonchev–Trinajstić information content (AvgIpc) is 3.27. The fourth-order valence-electron chi connectivity index (χ4n) is 2.62. The van der Waals surface area contributed by atoms with Crippen molar-refractivity contribution in [2.75, 3.05) is 17.7 Å². The number of rotatable bonds is 10. The number of nitrogens with one attached hydrogen (secondary N) is 2. The summed E-state index contributed by atoms with van der Waals surface area (Å²) >= 11 is 1.12. The van der Waals surface area contributed by atoms with Crippen molar-refractivity contribution in [2.45, 2.75) is 24.9 Å². The van der Waals surface area contributed by atoms with Crippen LogP contribution in [0.25, 0.3) is 11.4 Å². The topological polar surface area (TPSA) is 140 Å². The molecule has 0 unspecified atom stereocenters. The van der Waals surface area contributed by atoms with E-state index in [0.717, 1.165) is 24.6 Å². The van der Waals surface area contributed by atoms with Crippen LogP contribution in [0.2, 0.25) is 0 Å². The molecule has 0 saturated carbocycles. The highest BCUT2D eigenvalue weighted by molar-refractivity contribution is 7.99. The number of benzene rings is 2. The third kappa shape index (κ3) is 6.38. The molecule has 3 rings (SSSR count). The third-order valence-electron chi connectivity index (χ3n) is 4.26. The van der Waals surface area contributed by atoms with Crippen LogP contribution in [0.1, 0.15) is 30.1 Å². The molecule has 0 saturated heterocycles. The normalized spacial score (nSPS) is 10.5. The van der Waals surface area contributed by atoms with E-state index >= 15 is 0 Å². The van der Waals surface area contributed by atoms with Gasteiger partial charge in [0, 0.05) is 23.4 Å². The second kappa shape index (κ2) is 11.0. The number of hydrogen-bond acceptors (Lipinski definition) is 8. The lowest BCUT2D eigenvalue weighted by Gasteiger charge is -2.06. The van der Waals surface area contributed by atoms with Gasteiger partial charge in [0.15, 0.2) is 5.82 Å². The molecule has 3 aromatic rings. The van der Waals surface area contributed by atoms with Gasteiger partial charge in [-0.3, -0.25) is 20.0 Å². The molecule has 0 spiro atoms. The van der Waals surface area contributed by atoms with Gasteiger partial charge in [0.05, 0.1) is 22.8 Å². The van der Waals surface area contributed by atoms with Crippen molar-refractivity contribution in [3.8, 4) is 11.4 Å². The zero-order valence-corrected chi connectivity index (χ0v) is 18.1. The van der Waals surface area contributed by atoms with Gasteiger partial charge in [-0.1, -0.05) is 37.2 Å².